The molecule has 0 bridgehead atoms. The number of rotatable bonds is 13. The normalized spacial score (nSPS) is 21.7. The Morgan fingerprint density at radius 2 is 1.47 bits per heavy atom. The van der Waals surface area contributed by atoms with Gasteiger partial charge in [-0.05, 0) is 75.0 Å². The lowest BCUT2D eigenvalue weighted by Crippen LogP contribution is -2.53. The molecule has 1 aromatic carbocycles. The van der Waals surface area contributed by atoms with Crippen molar-refractivity contribution in [3.8, 4) is 11.5 Å². The van der Waals surface area contributed by atoms with Gasteiger partial charge in [-0.25, -0.2) is 0 Å². The summed E-state index contributed by atoms with van der Waals surface area (Å²) in [7, 11) is 0. The number of aromatic hydroxyl groups is 1. The first kappa shape index (κ1) is 28.5. The molecular formula is C29H49NO4. The van der Waals surface area contributed by atoms with E-state index >= 15 is 0 Å². The Hall–Kier alpha value is -1.78. The Bertz CT molecular complexity index is 834. The third kappa shape index (κ3) is 7.11. The largest absolute Gasteiger partial charge is 0.507 e. The molecule has 1 aromatic rings. The van der Waals surface area contributed by atoms with Crippen molar-refractivity contribution < 1.29 is 14.8 Å². The first-order chi connectivity index (χ1) is 15.9. The Labute approximate surface area is 207 Å². The quantitative estimate of drug-likeness (QED) is 0.231. The highest BCUT2D eigenvalue weighted by atomic mass is 16.6. The van der Waals surface area contributed by atoms with Crippen LogP contribution in [-0.4, -0.2) is 21.7 Å². The maximum atomic E-state index is 12.0. The number of hydrogen-bond donors (Lipinski definition) is 1. The Morgan fingerprint density at radius 1 is 0.941 bits per heavy atom. The van der Waals surface area contributed by atoms with Gasteiger partial charge in [0.15, 0.2) is 5.60 Å². The van der Waals surface area contributed by atoms with E-state index in [0.717, 1.165) is 47.1 Å². The zero-order valence-electron chi connectivity index (χ0n) is 23.0. The molecule has 0 saturated carbocycles. The highest BCUT2D eigenvalue weighted by Crippen LogP contribution is 2.45. The number of hydrogen-bond acceptors (Lipinski definition) is 4. The molecule has 0 saturated heterocycles. The number of nitro groups is 1. The summed E-state index contributed by atoms with van der Waals surface area (Å²) in [4.78, 5) is 11.8. The number of phenols is 1. The smallest absolute Gasteiger partial charge is 0.255 e. The van der Waals surface area contributed by atoms with Crippen LogP contribution in [0.1, 0.15) is 115 Å². The van der Waals surface area contributed by atoms with Gasteiger partial charge in [-0.1, -0.05) is 72.6 Å². The summed E-state index contributed by atoms with van der Waals surface area (Å²) in [6.45, 7) is 16.8. The highest BCUT2D eigenvalue weighted by Gasteiger charge is 2.49. The molecule has 2 rings (SSSR count). The van der Waals surface area contributed by atoms with Crippen molar-refractivity contribution in [2.75, 3.05) is 0 Å². The second kappa shape index (κ2) is 12.3. The van der Waals surface area contributed by atoms with Crippen LogP contribution in [0, 0.1) is 48.6 Å². The lowest BCUT2D eigenvalue weighted by Gasteiger charge is -2.39. The first-order valence-electron chi connectivity index (χ1n) is 13.5. The second-order valence-electron chi connectivity index (χ2n) is 11.8. The van der Waals surface area contributed by atoms with E-state index in [1.807, 2.05) is 27.7 Å². The van der Waals surface area contributed by atoms with Gasteiger partial charge in [0.2, 0.25) is 0 Å². The molecule has 4 atom stereocenters. The van der Waals surface area contributed by atoms with E-state index in [2.05, 4.69) is 27.7 Å². The molecule has 34 heavy (non-hydrogen) atoms. The third-order valence-electron chi connectivity index (χ3n) is 8.27. The van der Waals surface area contributed by atoms with Gasteiger partial charge < -0.3 is 9.84 Å². The molecule has 5 heteroatoms. The zero-order valence-corrected chi connectivity index (χ0v) is 23.0. The summed E-state index contributed by atoms with van der Waals surface area (Å²) < 4.78 is 6.44. The summed E-state index contributed by atoms with van der Waals surface area (Å²) in [6.07, 6.45) is 10.8. The summed E-state index contributed by atoms with van der Waals surface area (Å²) in [6, 6.07) is -0.804. The number of nitrogens with zero attached hydrogens (tertiary/aromatic N) is 1. The minimum Gasteiger partial charge on any atom is -0.507 e. The van der Waals surface area contributed by atoms with E-state index in [4.69, 9.17) is 4.74 Å². The van der Waals surface area contributed by atoms with E-state index in [1.54, 1.807) is 0 Å². The second-order valence-corrected chi connectivity index (χ2v) is 11.8. The molecule has 1 aliphatic heterocycles. The molecule has 194 valence electrons. The number of fused-ring (bicyclic) bond motifs is 1. The first-order valence-corrected chi connectivity index (χ1v) is 13.5. The average molecular weight is 476 g/mol. The predicted octanol–water partition coefficient (Wildman–Crippen LogP) is 8.10. The topological polar surface area (TPSA) is 72.6 Å². The fourth-order valence-corrected chi connectivity index (χ4v) is 5.56. The van der Waals surface area contributed by atoms with Gasteiger partial charge in [-0.15, -0.1) is 0 Å². The van der Waals surface area contributed by atoms with Crippen LogP contribution < -0.4 is 4.74 Å². The van der Waals surface area contributed by atoms with Crippen LogP contribution in [0.4, 0.5) is 0 Å². The maximum Gasteiger partial charge on any atom is 0.255 e. The average Bonchev–Trinajstić information content (AvgIpc) is 2.75. The molecule has 1 aliphatic rings. The van der Waals surface area contributed by atoms with Gasteiger partial charge in [0.25, 0.3) is 6.04 Å². The van der Waals surface area contributed by atoms with E-state index in [1.165, 1.54) is 38.5 Å². The lowest BCUT2D eigenvalue weighted by molar-refractivity contribution is -0.544. The van der Waals surface area contributed by atoms with Crippen molar-refractivity contribution >= 4 is 0 Å². The molecule has 1 heterocycles. The third-order valence-corrected chi connectivity index (χ3v) is 8.27. The van der Waals surface area contributed by atoms with Gasteiger partial charge in [-0.3, -0.25) is 10.1 Å². The van der Waals surface area contributed by atoms with Crippen molar-refractivity contribution in [3.63, 3.8) is 0 Å². The van der Waals surface area contributed by atoms with Crippen molar-refractivity contribution in [2.45, 2.75) is 131 Å². The van der Waals surface area contributed by atoms with Gasteiger partial charge in [0.05, 0.1) is 0 Å². The van der Waals surface area contributed by atoms with Crippen LogP contribution in [0.3, 0.4) is 0 Å². The standard InChI is InChI=1S/C29H49NO4/c1-19(2)12-9-13-20(3)14-10-15-21(4)16-11-17-29(8)26(30(32)33)18-25-24(7)27(31)22(5)23(6)28(25)34-29/h19-21,26,31H,9-18H2,1-8H3/t20-,21+,26?,29-/m0/s1. The minimum atomic E-state index is -0.832. The van der Waals surface area contributed by atoms with Crippen molar-refractivity contribution in [1.29, 1.82) is 0 Å². The van der Waals surface area contributed by atoms with Crippen LogP contribution in [0.15, 0.2) is 0 Å². The molecule has 0 spiro atoms. The van der Waals surface area contributed by atoms with E-state index in [9.17, 15) is 15.2 Å². The van der Waals surface area contributed by atoms with E-state index < -0.39 is 11.6 Å². The fraction of sp³-hybridized carbons (Fsp3) is 0.793. The highest BCUT2D eigenvalue weighted by molar-refractivity contribution is 5.58. The Balaban J connectivity index is 1.91. The van der Waals surface area contributed by atoms with Crippen LogP contribution >= 0.6 is 0 Å². The van der Waals surface area contributed by atoms with E-state index in [-0.39, 0.29) is 10.7 Å². The number of ether oxygens (including phenoxy) is 1. The summed E-state index contributed by atoms with van der Waals surface area (Å²) in [5, 5.41) is 22.4. The molecule has 1 N–H and O–H groups in total. The molecular weight excluding hydrogens is 426 g/mol. The Kier molecular flexibility index (Phi) is 10.3. The number of benzene rings is 1. The minimum absolute atomic E-state index is 0.182. The summed E-state index contributed by atoms with van der Waals surface area (Å²) in [5.74, 6) is 3.20. The molecule has 5 nitrogen and oxygen atoms in total. The van der Waals surface area contributed by atoms with Gasteiger partial charge in [0, 0.05) is 16.9 Å². The molecule has 0 amide bonds. The van der Waals surface area contributed by atoms with Crippen molar-refractivity contribution in [3.05, 3.63) is 32.4 Å². The van der Waals surface area contributed by atoms with Crippen LogP contribution in [0.5, 0.6) is 11.5 Å². The van der Waals surface area contributed by atoms with Crippen LogP contribution in [0.2, 0.25) is 0 Å². The van der Waals surface area contributed by atoms with Crippen LogP contribution in [0.25, 0.3) is 0 Å². The number of phenolic OH excluding ortho intramolecular Hbond substituents is 1. The predicted molar refractivity (Wildman–Crippen MR) is 141 cm³/mol. The van der Waals surface area contributed by atoms with Crippen molar-refractivity contribution in [1.82, 2.24) is 0 Å². The Morgan fingerprint density at radius 3 is 2.00 bits per heavy atom. The SMILES string of the molecule is Cc1c(C)c2c(c(C)c1O)CC([N+](=O)[O-])[C@](C)(CCC[C@H](C)CCC[C@@H](C)CCCC(C)C)O2. The lowest BCUT2D eigenvalue weighted by atomic mass is 9.80. The monoisotopic (exact) mass is 475 g/mol. The molecule has 0 fully saturated rings. The van der Waals surface area contributed by atoms with Crippen molar-refractivity contribution in [2.24, 2.45) is 17.8 Å². The molecule has 0 aliphatic carbocycles. The van der Waals surface area contributed by atoms with Gasteiger partial charge in [0.1, 0.15) is 11.5 Å². The van der Waals surface area contributed by atoms with Gasteiger partial charge in [-0.2, -0.15) is 0 Å². The van der Waals surface area contributed by atoms with E-state index in [0.29, 0.717) is 24.3 Å². The fourth-order valence-electron chi connectivity index (χ4n) is 5.56. The zero-order chi connectivity index (χ0) is 25.6. The summed E-state index contributed by atoms with van der Waals surface area (Å²) in [5.41, 5.74) is 2.35. The van der Waals surface area contributed by atoms with Crippen LogP contribution in [-0.2, 0) is 6.42 Å². The van der Waals surface area contributed by atoms with Gasteiger partial charge >= 0.3 is 0 Å². The maximum absolute atomic E-state index is 12.0. The molecule has 0 aromatic heterocycles. The molecule has 0 radical (unpaired) electrons. The molecule has 1 unspecified atom stereocenters. The summed E-state index contributed by atoms with van der Waals surface area (Å²) >= 11 is 0.